The Balaban J connectivity index is 1.21. The average Bonchev–Trinajstić information content (AvgIpc) is 3.48. The van der Waals surface area contributed by atoms with E-state index in [9.17, 15) is 19.5 Å². The van der Waals surface area contributed by atoms with Gasteiger partial charge in [-0.25, -0.2) is 4.79 Å². The Morgan fingerprint density at radius 2 is 1.88 bits per heavy atom. The molecule has 1 saturated heterocycles. The van der Waals surface area contributed by atoms with Gasteiger partial charge in [-0.15, -0.1) is 0 Å². The quantitative estimate of drug-likeness (QED) is 0.530. The van der Waals surface area contributed by atoms with Crippen LogP contribution in [0.25, 0.3) is 0 Å². The zero-order valence-corrected chi connectivity index (χ0v) is 24.3. The van der Waals surface area contributed by atoms with Crippen LogP contribution in [0, 0.1) is 28.6 Å². The van der Waals surface area contributed by atoms with Crippen molar-refractivity contribution < 1.29 is 23.8 Å². The number of hydrogen-bond acceptors (Lipinski definition) is 7. The van der Waals surface area contributed by atoms with Gasteiger partial charge >= 0.3 is 11.6 Å². The lowest BCUT2D eigenvalue weighted by atomic mass is 9.43. The fourth-order valence-electron chi connectivity index (χ4n) is 10.2. The van der Waals surface area contributed by atoms with Gasteiger partial charge in [0.1, 0.15) is 6.10 Å². The molecule has 8 nitrogen and oxygen atoms in total. The first-order valence-corrected chi connectivity index (χ1v) is 15.5. The lowest BCUT2D eigenvalue weighted by Crippen LogP contribution is -2.62. The third-order valence-corrected chi connectivity index (χ3v) is 12.2. The fourth-order valence-corrected chi connectivity index (χ4v) is 10.2. The molecular weight excluding hydrogens is 508 g/mol. The number of nitrogens with zero attached hydrogens (tertiary/aromatic N) is 1. The van der Waals surface area contributed by atoms with Gasteiger partial charge < -0.3 is 19.6 Å². The second-order valence-corrected chi connectivity index (χ2v) is 14.1. The molecule has 8 heteroatoms. The lowest BCUT2D eigenvalue weighted by Gasteiger charge is -2.63. The summed E-state index contributed by atoms with van der Waals surface area (Å²) in [4.78, 5) is 38.9. The largest absolute Gasteiger partial charge is 0.462 e. The van der Waals surface area contributed by atoms with Gasteiger partial charge in [-0.1, -0.05) is 13.8 Å². The Kier molecular flexibility index (Phi) is 7.17. The molecule has 5 aliphatic rings. The number of carbonyl (C=O) groups is 2. The van der Waals surface area contributed by atoms with Crippen molar-refractivity contribution in [1.29, 1.82) is 0 Å². The van der Waals surface area contributed by atoms with Crippen molar-refractivity contribution in [3.63, 3.8) is 0 Å². The average molecular weight is 555 g/mol. The number of ether oxygens (including phenoxy) is 1. The molecule has 2 N–H and O–H groups in total. The molecule has 9 unspecified atom stereocenters. The van der Waals surface area contributed by atoms with Crippen LogP contribution in [0.5, 0.6) is 0 Å². The molecule has 1 aliphatic heterocycles. The topological polar surface area (TPSA) is 109 Å². The predicted molar refractivity (Wildman–Crippen MR) is 149 cm³/mol. The van der Waals surface area contributed by atoms with E-state index in [2.05, 4.69) is 24.1 Å². The van der Waals surface area contributed by atoms with E-state index >= 15 is 0 Å². The number of amides is 1. The molecule has 1 aromatic heterocycles. The third kappa shape index (κ3) is 4.54. The summed E-state index contributed by atoms with van der Waals surface area (Å²) < 4.78 is 11.1. The summed E-state index contributed by atoms with van der Waals surface area (Å²) in [6, 6.07) is 3.42. The molecule has 9 atom stereocenters. The van der Waals surface area contributed by atoms with Gasteiger partial charge in [-0.3, -0.25) is 14.5 Å². The minimum absolute atomic E-state index is 0.116. The van der Waals surface area contributed by atoms with E-state index in [0.717, 1.165) is 63.6 Å². The zero-order valence-electron chi connectivity index (χ0n) is 24.3. The highest BCUT2D eigenvalue weighted by Gasteiger charge is 2.70. The normalized spacial score (nSPS) is 42.9. The standard InChI is InChI=1S/C32H46N2O6/c1-20(35)40-26-17-32(38)25-8-7-22-16-23(33-27(36)18-34-14-4-5-15-34)10-12-30(22,2)24(25)11-13-31(32,3)29(26)21-6-9-28(37)39-19-21/h6,9,19,22-26,29,38H,4-5,7-8,10-18H2,1-3H3,(H,33,36). The maximum absolute atomic E-state index is 12.8. The number of likely N-dealkylation sites (tertiary alicyclic amines) is 1. The van der Waals surface area contributed by atoms with Gasteiger partial charge in [0.05, 0.1) is 18.4 Å². The highest BCUT2D eigenvalue weighted by atomic mass is 16.5. The second kappa shape index (κ2) is 10.3. The minimum Gasteiger partial charge on any atom is -0.462 e. The van der Waals surface area contributed by atoms with E-state index in [1.807, 2.05) is 0 Å². The number of aliphatic hydroxyl groups is 1. The van der Waals surface area contributed by atoms with E-state index in [4.69, 9.17) is 9.15 Å². The number of rotatable bonds is 5. The van der Waals surface area contributed by atoms with Crippen LogP contribution in [0.2, 0.25) is 0 Å². The number of carbonyl (C=O) groups excluding carboxylic acids is 2. The molecule has 220 valence electrons. The Bertz CT molecular complexity index is 1170. The van der Waals surface area contributed by atoms with Crippen molar-refractivity contribution >= 4 is 11.9 Å². The first-order chi connectivity index (χ1) is 19.0. The first-order valence-electron chi connectivity index (χ1n) is 15.5. The molecule has 4 aliphatic carbocycles. The second-order valence-electron chi connectivity index (χ2n) is 14.1. The predicted octanol–water partition coefficient (Wildman–Crippen LogP) is 4.00. The Hall–Kier alpha value is -2.19. The molecule has 1 amide bonds. The number of hydrogen-bond donors (Lipinski definition) is 2. The number of esters is 1. The first kappa shape index (κ1) is 28.0. The Labute approximate surface area is 237 Å². The van der Waals surface area contributed by atoms with Crippen molar-refractivity contribution in [2.75, 3.05) is 19.6 Å². The molecule has 6 rings (SSSR count). The minimum atomic E-state index is -0.981. The highest BCUT2D eigenvalue weighted by Crippen LogP contribution is 2.70. The Morgan fingerprint density at radius 1 is 1.10 bits per heavy atom. The van der Waals surface area contributed by atoms with E-state index in [-0.39, 0.29) is 35.2 Å². The third-order valence-electron chi connectivity index (χ3n) is 12.2. The van der Waals surface area contributed by atoms with Gasteiger partial charge in [0.25, 0.3) is 0 Å². The molecule has 0 radical (unpaired) electrons. The van der Waals surface area contributed by atoms with Crippen LogP contribution in [-0.2, 0) is 14.3 Å². The lowest BCUT2D eigenvalue weighted by molar-refractivity contribution is -0.202. The molecule has 0 aromatic carbocycles. The van der Waals surface area contributed by atoms with Gasteiger partial charge in [-0.2, -0.15) is 0 Å². The van der Waals surface area contributed by atoms with E-state index < -0.39 is 22.7 Å². The summed E-state index contributed by atoms with van der Waals surface area (Å²) in [5.41, 5.74) is -0.967. The van der Waals surface area contributed by atoms with Crippen LogP contribution < -0.4 is 10.9 Å². The maximum Gasteiger partial charge on any atom is 0.335 e. The van der Waals surface area contributed by atoms with Crippen molar-refractivity contribution in [2.24, 2.45) is 28.6 Å². The smallest absolute Gasteiger partial charge is 0.335 e. The van der Waals surface area contributed by atoms with E-state index in [1.54, 1.807) is 6.07 Å². The van der Waals surface area contributed by atoms with Crippen LogP contribution in [0.4, 0.5) is 0 Å². The molecule has 2 heterocycles. The molecule has 1 aromatic rings. The monoisotopic (exact) mass is 554 g/mol. The van der Waals surface area contributed by atoms with E-state index in [0.29, 0.717) is 24.8 Å². The van der Waals surface area contributed by atoms with Crippen LogP contribution >= 0.6 is 0 Å². The summed E-state index contributed by atoms with van der Waals surface area (Å²) >= 11 is 0. The maximum atomic E-state index is 12.8. The van der Waals surface area contributed by atoms with Gasteiger partial charge in [0, 0.05) is 36.8 Å². The molecule has 5 fully saturated rings. The van der Waals surface area contributed by atoms with Gasteiger partial charge in [0.2, 0.25) is 5.91 Å². The molecule has 40 heavy (non-hydrogen) atoms. The van der Waals surface area contributed by atoms with Gasteiger partial charge in [0.15, 0.2) is 0 Å². The van der Waals surface area contributed by atoms with Crippen molar-refractivity contribution in [3.05, 3.63) is 34.4 Å². The molecule has 0 spiro atoms. The summed E-state index contributed by atoms with van der Waals surface area (Å²) in [5.74, 6) is 0.604. The summed E-state index contributed by atoms with van der Waals surface area (Å²) in [6.07, 6.45) is 10.7. The van der Waals surface area contributed by atoms with Crippen molar-refractivity contribution in [2.45, 2.75) is 109 Å². The highest BCUT2D eigenvalue weighted by molar-refractivity contribution is 5.78. The number of fused-ring (bicyclic) bond motifs is 5. The summed E-state index contributed by atoms with van der Waals surface area (Å²) in [6.45, 7) is 8.59. The number of nitrogens with one attached hydrogen (secondary N) is 1. The van der Waals surface area contributed by atoms with Crippen molar-refractivity contribution in [1.82, 2.24) is 10.2 Å². The van der Waals surface area contributed by atoms with Crippen LogP contribution in [0.3, 0.4) is 0 Å². The summed E-state index contributed by atoms with van der Waals surface area (Å²) in [7, 11) is 0. The van der Waals surface area contributed by atoms with E-state index in [1.165, 1.54) is 32.1 Å². The Morgan fingerprint density at radius 3 is 2.58 bits per heavy atom. The van der Waals surface area contributed by atoms with Crippen LogP contribution in [0.15, 0.2) is 27.6 Å². The van der Waals surface area contributed by atoms with Crippen LogP contribution in [-0.4, -0.2) is 59.3 Å². The fraction of sp³-hybridized carbons (Fsp3) is 0.781. The molecule has 0 bridgehead atoms. The summed E-state index contributed by atoms with van der Waals surface area (Å²) in [5, 5.41) is 16.1. The van der Waals surface area contributed by atoms with Gasteiger partial charge in [-0.05, 0) is 106 Å². The van der Waals surface area contributed by atoms with Crippen molar-refractivity contribution in [3.8, 4) is 0 Å². The molecular formula is C32H46N2O6. The SMILES string of the molecule is CC(=O)OC1CC2(O)C3CCC4CC(NC(=O)CN5CCCC5)CCC4(C)C3CCC2(C)C1c1ccc(=O)oc1. The zero-order chi connectivity index (χ0) is 28.3. The van der Waals surface area contributed by atoms with Crippen LogP contribution in [0.1, 0.15) is 96.5 Å². The molecule has 4 saturated carbocycles.